The van der Waals surface area contributed by atoms with Gasteiger partial charge in [0.25, 0.3) is 0 Å². The van der Waals surface area contributed by atoms with Crippen molar-refractivity contribution in [2.24, 2.45) is 23.7 Å². The standard InChI is InChI=1S/C23H35NO10/c1-11-5-6-15-12(2)20(30-17(27)8-7-16(26)24-18(13(3)25)19(28)29)31-21-23(15)14(11)9-10-22(4,32-21)33-34-23/h11-15,18,20-21,25H,5-10H2,1-4H3,(H,24,26)(H,28,29)/t11-,12-,13?,14+,15+,18?,20-,21-,22+,23?/m1/s1. The number of carboxylic acids is 1. The Morgan fingerprint density at radius 2 is 1.85 bits per heavy atom. The fourth-order valence-electron chi connectivity index (χ4n) is 6.05. The van der Waals surface area contributed by atoms with Crippen LogP contribution in [0.5, 0.6) is 0 Å². The molecule has 5 fully saturated rings. The molecule has 11 nitrogen and oxygen atoms in total. The molecule has 3 N–H and O–H groups in total. The van der Waals surface area contributed by atoms with Crippen molar-refractivity contribution >= 4 is 17.8 Å². The first kappa shape index (κ1) is 25.3. The molecule has 4 saturated heterocycles. The molecule has 0 radical (unpaired) electrons. The molecule has 1 saturated carbocycles. The van der Waals surface area contributed by atoms with Gasteiger partial charge in [-0.3, -0.25) is 9.59 Å². The number of nitrogens with one attached hydrogen (secondary N) is 1. The molecule has 1 aliphatic carbocycles. The predicted molar refractivity (Wildman–Crippen MR) is 113 cm³/mol. The molecule has 4 heterocycles. The van der Waals surface area contributed by atoms with Crippen molar-refractivity contribution in [2.45, 2.75) is 102 Å². The minimum Gasteiger partial charge on any atom is -0.480 e. The quantitative estimate of drug-likeness (QED) is 0.357. The number of aliphatic hydroxyl groups is 1. The Labute approximate surface area is 198 Å². The Bertz CT molecular complexity index is 820. The molecule has 2 bridgehead atoms. The molecule has 4 aliphatic heterocycles. The number of amides is 1. The molecule has 1 spiro atoms. The van der Waals surface area contributed by atoms with E-state index >= 15 is 0 Å². The van der Waals surface area contributed by atoms with Gasteiger partial charge in [0.05, 0.1) is 12.5 Å². The summed E-state index contributed by atoms with van der Waals surface area (Å²) in [6.45, 7) is 7.24. The monoisotopic (exact) mass is 485 g/mol. The van der Waals surface area contributed by atoms with E-state index in [1.807, 2.05) is 13.8 Å². The molecule has 1 amide bonds. The molecule has 5 aliphatic rings. The zero-order valence-corrected chi connectivity index (χ0v) is 20.0. The van der Waals surface area contributed by atoms with Crippen LogP contribution >= 0.6 is 0 Å². The van der Waals surface area contributed by atoms with Gasteiger partial charge in [0, 0.05) is 24.7 Å². The third-order valence-corrected chi connectivity index (χ3v) is 7.97. The van der Waals surface area contributed by atoms with Crippen LogP contribution in [0.3, 0.4) is 0 Å². The van der Waals surface area contributed by atoms with Crippen LogP contribution in [0.25, 0.3) is 0 Å². The van der Waals surface area contributed by atoms with Gasteiger partial charge in [-0.05, 0) is 44.9 Å². The van der Waals surface area contributed by atoms with Gasteiger partial charge in [-0.2, -0.15) is 0 Å². The molecular weight excluding hydrogens is 450 g/mol. The van der Waals surface area contributed by atoms with Gasteiger partial charge in [-0.25, -0.2) is 14.6 Å². The van der Waals surface area contributed by atoms with Crippen LogP contribution in [0.1, 0.15) is 66.2 Å². The van der Waals surface area contributed by atoms with Crippen molar-refractivity contribution < 1.29 is 48.6 Å². The van der Waals surface area contributed by atoms with Crippen molar-refractivity contribution in [1.29, 1.82) is 0 Å². The zero-order chi connectivity index (χ0) is 24.8. The number of carbonyl (C=O) groups excluding carboxylic acids is 2. The second kappa shape index (κ2) is 9.34. The molecule has 0 aromatic carbocycles. The number of carbonyl (C=O) groups is 3. The third kappa shape index (κ3) is 4.44. The van der Waals surface area contributed by atoms with Crippen LogP contribution in [0.4, 0.5) is 0 Å². The van der Waals surface area contributed by atoms with Gasteiger partial charge in [0.2, 0.25) is 18.0 Å². The van der Waals surface area contributed by atoms with Gasteiger partial charge >= 0.3 is 11.9 Å². The van der Waals surface area contributed by atoms with E-state index < -0.39 is 54.0 Å². The van der Waals surface area contributed by atoms with E-state index in [4.69, 9.17) is 29.1 Å². The summed E-state index contributed by atoms with van der Waals surface area (Å²) in [5, 5.41) is 20.8. The van der Waals surface area contributed by atoms with Crippen molar-refractivity contribution in [2.75, 3.05) is 0 Å². The zero-order valence-electron chi connectivity index (χ0n) is 20.0. The van der Waals surface area contributed by atoms with E-state index in [1.54, 1.807) is 0 Å². The molecule has 34 heavy (non-hydrogen) atoms. The van der Waals surface area contributed by atoms with Gasteiger partial charge in [-0.1, -0.05) is 13.8 Å². The average Bonchev–Trinajstić information content (AvgIpc) is 2.99. The largest absolute Gasteiger partial charge is 0.480 e. The van der Waals surface area contributed by atoms with Crippen LogP contribution in [-0.2, 0) is 38.4 Å². The summed E-state index contributed by atoms with van der Waals surface area (Å²) in [6, 6.07) is -1.45. The number of aliphatic carboxylic acids is 1. The van der Waals surface area contributed by atoms with Crippen molar-refractivity contribution in [3.8, 4) is 0 Å². The normalized spacial score (nSPS) is 42.6. The molecule has 5 rings (SSSR count). The fourth-order valence-corrected chi connectivity index (χ4v) is 6.05. The highest BCUT2D eigenvalue weighted by Crippen LogP contribution is 2.60. The molecule has 3 unspecified atom stereocenters. The Morgan fingerprint density at radius 1 is 1.12 bits per heavy atom. The highest BCUT2D eigenvalue weighted by Gasteiger charge is 2.69. The number of rotatable bonds is 7. The van der Waals surface area contributed by atoms with E-state index in [9.17, 15) is 19.5 Å². The van der Waals surface area contributed by atoms with Crippen LogP contribution in [0.15, 0.2) is 0 Å². The Balaban J connectivity index is 1.40. The molecular formula is C23H35NO10. The van der Waals surface area contributed by atoms with Crippen molar-refractivity contribution in [3.63, 3.8) is 0 Å². The Hall–Kier alpha value is -1.79. The fraction of sp³-hybridized carbons (Fsp3) is 0.870. The van der Waals surface area contributed by atoms with E-state index in [-0.39, 0.29) is 30.6 Å². The lowest BCUT2D eigenvalue weighted by molar-refractivity contribution is -0.576. The van der Waals surface area contributed by atoms with Gasteiger partial charge in [0.15, 0.2) is 17.9 Å². The Morgan fingerprint density at radius 3 is 2.53 bits per heavy atom. The molecule has 0 aromatic heterocycles. The lowest BCUT2D eigenvalue weighted by Crippen LogP contribution is -2.70. The van der Waals surface area contributed by atoms with Gasteiger partial charge in [-0.15, -0.1) is 0 Å². The predicted octanol–water partition coefficient (Wildman–Crippen LogP) is 1.47. The summed E-state index contributed by atoms with van der Waals surface area (Å²) >= 11 is 0. The van der Waals surface area contributed by atoms with Crippen LogP contribution in [0, 0.1) is 23.7 Å². The van der Waals surface area contributed by atoms with E-state index in [2.05, 4.69) is 12.2 Å². The number of carboxylic acid groups (broad SMARTS) is 1. The van der Waals surface area contributed by atoms with Crippen LogP contribution in [0.2, 0.25) is 0 Å². The van der Waals surface area contributed by atoms with E-state index in [0.29, 0.717) is 12.3 Å². The first-order valence-electron chi connectivity index (χ1n) is 12.1. The minimum absolute atomic E-state index is 0.00133. The van der Waals surface area contributed by atoms with Crippen molar-refractivity contribution in [1.82, 2.24) is 5.32 Å². The van der Waals surface area contributed by atoms with E-state index in [1.165, 1.54) is 6.92 Å². The van der Waals surface area contributed by atoms with Gasteiger partial charge < -0.3 is 29.7 Å². The number of ether oxygens (including phenoxy) is 3. The van der Waals surface area contributed by atoms with Crippen LogP contribution in [-0.4, -0.2) is 64.2 Å². The highest BCUT2D eigenvalue weighted by atomic mass is 17.3. The SMILES string of the molecule is CC(O)C(NC(=O)CCC(=O)O[C@@H]1O[C@@H]2O[C@]3(C)CC[C@H]4[C@H](C)CC[C@@H]([C@H]1C)C24OO3)C(=O)O. The highest BCUT2D eigenvalue weighted by molar-refractivity contribution is 5.86. The number of hydrogen-bond donors (Lipinski definition) is 3. The lowest BCUT2D eigenvalue weighted by atomic mass is 9.58. The maximum Gasteiger partial charge on any atom is 0.328 e. The van der Waals surface area contributed by atoms with E-state index in [0.717, 1.165) is 19.3 Å². The summed E-state index contributed by atoms with van der Waals surface area (Å²) in [5.41, 5.74) is -0.761. The number of esters is 1. The maximum absolute atomic E-state index is 12.5. The molecule has 0 aromatic rings. The summed E-state index contributed by atoms with van der Waals surface area (Å²) in [7, 11) is 0. The summed E-state index contributed by atoms with van der Waals surface area (Å²) in [5.74, 6) is -3.19. The second-order valence-corrected chi connectivity index (χ2v) is 10.4. The van der Waals surface area contributed by atoms with Crippen molar-refractivity contribution in [3.05, 3.63) is 0 Å². The molecule has 11 heteroatoms. The molecule has 192 valence electrons. The minimum atomic E-state index is -1.45. The van der Waals surface area contributed by atoms with Crippen LogP contribution < -0.4 is 5.32 Å². The summed E-state index contributed by atoms with van der Waals surface area (Å²) < 4.78 is 18.0. The average molecular weight is 486 g/mol. The summed E-state index contributed by atoms with van der Waals surface area (Å²) in [6.07, 6.45) is 0.00572. The van der Waals surface area contributed by atoms with Gasteiger partial charge in [0.1, 0.15) is 0 Å². The molecule has 10 atom stereocenters. The third-order valence-electron chi connectivity index (χ3n) is 7.97. The maximum atomic E-state index is 12.5. The number of hydrogen-bond acceptors (Lipinski definition) is 9. The summed E-state index contributed by atoms with van der Waals surface area (Å²) in [4.78, 5) is 47.6. The first-order valence-corrected chi connectivity index (χ1v) is 12.1. The Kier molecular flexibility index (Phi) is 6.96. The first-order chi connectivity index (χ1) is 16.0. The number of fused-ring (bicyclic) bond motifs is 2. The number of aliphatic hydroxyl groups excluding tert-OH is 1. The topological polar surface area (TPSA) is 150 Å². The second-order valence-electron chi connectivity index (χ2n) is 10.4. The lowest BCUT2D eigenvalue weighted by Gasteiger charge is -2.59. The smallest absolute Gasteiger partial charge is 0.328 e.